The number of ether oxygens (including phenoxy) is 2. The molecule has 0 radical (unpaired) electrons. The zero-order valence-electron chi connectivity index (χ0n) is 11.3. The summed E-state index contributed by atoms with van der Waals surface area (Å²) in [7, 11) is 0. The van der Waals surface area contributed by atoms with E-state index in [1.165, 1.54) is 30.3 Å². The number of nitrogens with two attached hydrogens (primary N) is 1. The number of carbonyl (C=O) groups is 1. The van der Waals surface area contributed by atoms with Crippen molar-refractivity contribution < 1.29 is 27.4 Å². The van der Waals surface area contributed by atoms with Gasteiger partial charge in [-0.05, 0) is 29.8 Å². The zero-order chi connectivity index (χ0) is 16.2. The van der Waals surface area contributed by atoms with Crippen LogP contribution in [0.1, 0.15) is 15.9 Å². The summed E-state index contributed by atoms with van der Waals surface area (Å²) in [6.45, 7) is 0.0800. The SMILES string of the molecule is NC(=O)c1ccccc1OCc1ccc(OC(F)(F)F)cc1. The molecule has 2 rings (SSSR count). The minimum atomic E-state index is -4.72. The van der Waals surface area contributed by atoms with Gasteiger partial charge in [-0.25, -0.2) is 0 Å². The Morgan fingerprint density at radius 1 is 1.05 bits per heavy atom. The van der Waals surface area contributed by atoms with Gasteiger partial charge in [0.05, 0.1) is 5.56 Å². The van der Waals surface area contributed by atoms with Crippen LogP contribution in [0.15, 0.2) is 48.5 Å². The Morgan fingerprint density at radius 3 is 2.27 bits per heavy atom. The Kier molecular flexibility index (Phi) is 4.55. The number of benzene rings is 2. The highest BCUT2D eigenvalue weighted by atomic mass is 19.4. The molecular weight excluding hydrogens is 299 g/mol. The predicted octanol–water partition coefficient (Wildman–Crippen LogP) is 3.26. The van der Waals surface area contributed by atoms with Crippen LogP contribution in [0.4, 0.5) is 13.2 Å². The van der Waals surface area contributed by atoms with E-state index < -0.39 is 12.3 Å². The van der Waals surface area contributed by atoms with Gasteiger partial charge in [0, 0.05) is 0 Å². The van der Waals surface area contributed by atoms with Crippen molar-refractivity contribution in [1.82, 2.24) is 0 Å². The average Bonchev–Trinajstić information content (AvgIpc) is 2.45. The molecule has 0 spiro atoms. The molecule has 22 heavy (non-hydrogen) atoms. The van der Waals surface area contributed by atoms with Crippen molar-refractivity contribution in [1.29, 1.82) is 0 Å². The first-order chi connectivity index (χ1) is 10.3. The smallest absolute Gasteiger partial charge is 0.488 e. The fourth-order valence-corrected chi connectivity index (χ4v) is 1.74. The molecule has 2 N–H and O–H groups in total. The molecule has 4 nitrogen and oxygen atoms in total. The van der Waals surface area contributed by atoms with E-state index >= 15 is 0 Å². The average molecular weight is 311 g/mol. The van der Waals surface area contributed by atoms with Gasteiger partial charge in [-0.3, -0.25) is 4.79 Å². The molecule has 0 fully saturated rings. The van der Waals surface area contributed by atoms with Gasteiger partial charge >= 0.3 is 6.36 Å². The lowest BCUT2D eigenvalue weighted by Crippen LogP contribution is -2.17. The van der Waals surface area contributed by atoms with Crippen molar-refractivity contribution in [2.45, 2.75) is 13.0 Å². The number of amides is 1. The summed E-state index contributed by atoms with van der Waals surface area (Å²) >= 11 is 0. The highest BCUT2D eigenvalue weighted by Gasteiger charge is 2.30. The van der Waals surface area contributed by atoms with Gasteiger partial charge in [0.15, 0.2) is 0 Å². The standard InChI is InChI=1S/C15H12F3NO3/c16-15(17,18)22-11-7-5-10(6-8-11)9-21-13-4-2-1-3-12(13)14(19)20/h1-8H,9H2,(H2,19,20). The highest BCUT2D eigenvalue weighted by molar-refractivity contribution is 5.95. The number of para-hydroxylation sites is 1. The normalized spacial score (nSPS) is 11.0. The van der Waals surface area contributed by atoms with E-state index in [-0.39, 0.29) is 17.9 Å². The molecule has 2 aromatic rings. The maximum atomic E-state index is 12.0. The van der Waals surface area contributed by atoms with E-state index in [2.05, 4.69) is 4.74 Å². The Bertz CT molecular complexity index is 654. The molecule has 0 saturated heterocycles. The molecule has 0 unspecified atom stereocenters. The van der Waals surface area contributed by atoms with Crippen LogP contribution in [0.25, 0.3) is 0 Å². The molecule has 0 atom stereocenters. The highest BCUT2D eigenvalue weighted by Crippen LogP contribution is 2.23. The Hall–Kier alpha value is -2.70. The third kappa shape index (κ3) is 4.41. The van der Waals surface area contributed by atoms with Crippen LogP contribution in [0.3, 0.4) is 0 Å². The molecule has 0 saturated carbocycles. The van der Waals surface area contributed by atoms with E-state index in [0.29, 0.717) is 11.3 Å². The number of hydrogen-bond donors (Lipinski definition) is 1. The van der Waals surface area contributed by atoms with Crippen molar-refractivity contribution >= 4 is 5.91 Å². The third-order valence-corrected chi connectivity index (χ3v) is 2.70. The van der Waals surface area contributed by atoms with Crippen molar-refractivity contribution in [3.05, 3.63) is 59.7 Å². The maximum Gasteiger partial charge on any atom is 0.573 e. The third-order valence-electron chi connectivity index (χ3n) is 2.70. The zero-order valence-corrected chi connectivity index (χ0v) is 11.3. The second kappa shape index (κ2) is 6.38. The van der Waals surface area contributed by atoms with Crippen LogP contribution < -0.4 is 15.2 Å². The number of halogens is 3. The predicted molar refractivity (Wildman–Crippen MR) is 72.4 cm³/mol. The van der Waals surface area contributed by atoms with Crippen LogP contribution >= 0.6 is 0 Å². The van der Waals surface area contributed by atoms with Crippen molar-refractivity contribution in [2.75, 3.05) is 0 Å². The van der Waals surface area contributed by atoms with Gasteiger partial charge in [-0.2, -0.15) is 0 Å². The topological polar surface area (TPSA) is 61.6 Å². The van der Waals surface area contributed by atoms with Crippen LogP contribution in [0, 0.1) is 0 Å². The fourth-order valence-electron chi connectivity index (χ4n) is 1.74. The van der Waals surface area contributed by atoms with Crippen LogP contribution in [-0.2, 0) is 6.61 Å². The second-order valence-electron chi connectivity index (χ2n) is 4.34. The van der Waals surface area contributed by atoms with Gasteiger partial charge in [0.25, 0.3) is 5.91 Å². The molecule has 116 valence electrons. The minimum absolute atomic E-state index is 0.0800. The number of carbonyl (C=O) groups excluding carboxylic acids is 1. The van der Waals surface area contributed by atoms with Gasteiger partial charge in [-0.1, -0.05) is 24.3 Å². The van der Waals surface area contributed by atoms with E-state index in [4.69, 9.17) is 10.5 Å². The molecular formula is C15H12F3NO3. The number of rotatable bonds is 5. The van der Waals surface area contributed by atoms with Gasteiger partial charge in [0.2, 0.25) is 0 Å². The first-order valence-electron chi connectivity index (χ1n) is 6.21. The summed E-state index contributed by atoms with van der Waals surface area (Å²) in [4.78, 5) is 11.2. The molecule has 0 aliphatic carbocycles. The van der Waals surface area contributed by atoms with Crippen molar-refractivity contribution in [2.24, 2.45) is 5.73 Å². The number of alkyl halides is 3. The summed E-state index contributed by atoms with van der Waals surface area (Å²) in [5.74, 6) is -0.621. The molecule has 0 aliphatic heterocycles. The number of hydrogen-bond acceptors (Lipinski definition) is 3. The summed E-state index contributed by atoms with van der Waals surface area (Å²) in [5, 5.41) is 0. The van der Waals surface area contributed by atoms with Gasteiger partial charge in [0.1, 0.15) is 18.1 Å². The van der Waals surface area contributed by atoms with Gasteiger partial charge < -0.3 is 15.2 Å². The van der Waals surface area contributed by atoms with Crippen LogP contribution in [-0.4, -0.2) is 12.3 Å². The molecule has 2 aromatic carbocycles. The molecule has 0 aromatic heterocycles. The van der Waals surface area contributed by atoms with Crippen molar-refractivity contribution in [3.8, 4) is 11.5 Å². The van der Waals surface area contributed by atoms with E-state index in [1.807, 2.05) is 0 Å². The summed E-state index contributed by atoms with van der Waals surface area (Å²) in [6.07, 6.45) is -4.72. The first-order valence-corrected chi connectivity index (χ1v) is 6.21. The molecule has 7 heteroatoms. The second-order valence-corrected chi connectivity index (χ2v) is 4.34. The van der Waals surface area contributed by atoms with Gasteiger partial charge in [-0.15, -0.1) is 13.2 Å². The minimum Gasteiger partial charge on any atom is -0.488 e. The number of primary amides is 1. The summed E-state index contributed by atoms with van der Waals surface area (Å²) < 4.78 is 45.4. The Labute approximate surface area is 124 Å². The molecule has 0 heterocycles. The van der Waals surface area contributed by atoms with Crippen LogP contribution in [0.2, 0.25) is 0 Å². The van der Waals surface area contributed by atoms with Crippen molar-refractivity contribution in [3.63, 3.8) is 0 Å². The monoisotopic (exact) mass is 311 g/mol. The van der Waals surface area contributed by atoms with Crippen LogP contribution in [0.5, 0.6) is 11.5 Å². The molecule has 1 amide bonds. The summed E-state index contributed by atoms with van der Waals surface area (Å²) in [5.41, 5.74) is 6.08. The molecule has 0 bridgehead atoms. The largest absolute Gasteiger partial charge is 0.573 e. The summed E-state index contributed by atoms with van der Waals surface area (Å²) in [6, 6.07) is 11.7. The first kappa shape index (κ1) is 15.7. The fraction of sp³-hybridized carbons (Fsp3) is 0.133. The van der Waals surface area contributed by atoms with E-state index in [0.717, 1.165) is 0 Å². The van der Waals surface area contributed by atoms with E-state index in [9.17, 15) is 18.0 Å². The lowest BCUT2D eigenvalue weighted by Gasteiger charge is -2.11. The lowest BCUT2D eigenvalue weighted by molar-refractivity contribution is -0.274. The Balaban J connectivity index is 2.02. The quantitative estimate of drug-likeness (QED) is 0.922. The maximum absolute atomic E-state index is 12.0. The molecule has 0 aliphatic rings. The van der Waals surface area contributed by atoms with E-state index in [1.54, 1.807) is 18.2 Å². The Morgan fingerprint density at radius 2 is 1.68 bits per heavy atom. The lowest BCUT2D eigenvalue weighted by atomic mass is 10.2.